The number of ether oxygens (including phenoxy) is 2. The van der Waals surface area contributed by atoms with E-state index in [0.717, 1.165) is 42.5 Å². The van der Waals surface area contributed by atoms with Crippen molar-refractivity contribution in [1.82, 2.24) is 9.55 Å². The maximum Gasteiger partial charge on any atom is 0.414 e. The van der Waals surface area contributed by atoms with Gasteiger partial charge in [-0.15, -0.1) is 0 Å². The van der Waals surface area contributed by atoms with Crippen LogP contribution in [0.1, 0.15) is 75.9 Å². The Bertz CT molecular complexity index is 1430. The van der Waals surface area contributed by atoms with Crippen molar-refractivity contribution in [2.24, 2.45) is 5.92 Å². The number of hydrogen-bond acceptors (Lipinski definition) is 6. The number of imidazole rings is 1. The molecule has 4 atom stereocenters. The highest BCUT2D eigenvalue weighted by Gasteiger charge is 2.40. The normalized spacial score (nSPS) is 22.7. The van der Waals surface area contributed by atoms with Gasteiger partial charge in [-0.25, -0.2) is 14.2 Å². The van der Waals surface area contributed by atoms with Crippen LogP contribution < -0.4 is 9.64 Å². The topological polar surface area (TPSA) is 93.9 Å². The predicted molar refractivity (Wildman–Crippen MR) is 146 cm³/mol. The van der Waals surface area contributed by atoms with Crippen molar-refractivity contribution in [2.75, 3.05) is 19.1 Å². The van der Waals surface area contributed by atoms with E-state index < -0.39 is 17.5 Å². The van der Waals surface area contributed by atoms with Crippen molar-refractivity contribution in [3.05, 3.63) is 53.1 Å². The Morgan fingerprint density at radius 3 is 2.62 bits per heavy atom. The first-order valence-corrected chi connectivity index (χ1v) is 13.6. The van der Waals surface area contributed by atoms with Crippen LogP contribution in [0, 0.1) is 11.7 Å². The molecule has 1 aliphatic carbocycles. The molecule has 208 valence electrons. The fourth-order valence-corrected chi connectivity index (χ4v) is 6.44. The molecule has 1 amide bonds. The Hall–Kier alpha value is -3.46. The third kappa shape index (κ3) is 4.56. The van der Waals surface area contributed by atoms with Crippen LogP contribution in [0.15, 0.2) is 30.3 Å². The number of halogens is 1. The zero-order chi connectivity index (χ0) is 28.1. The Balaban J connectivity index is 1.76. The lowest BCUT2D eigenvalue weighted by Gasteiger charge is -2.34. The number of methoxy groups -OCH3 is 2. The molecule has 2 aliphatic rings. The summed E-state index contributed by atoms with van der Waals surface area (Å²) >= 11 is 0. The largest absolute Gasteiger partial charge is 0.496 e. The number of nitrogens with zero attached hydrogens (tertiary/aromatic N) is 3. The summed E-state index contributed by atoms with van der Waals surface area (Å²) in [6.07, 6.45) is 4.15. The van der Waals surface area contributed by atoms with Gasteiger partial charge in [0.2, 0.25) is 0 Å². The van der Waals surface area contributed by atoms with Gasteiger partial charge >= 0.3 is 6.09 Å². The lowest BCUT2D eigenvalue weighted by atomic mass is 9.83. The van der Waals surface area contributed by atoms with Gasteiger partial charge in [-0.3, -0.25) is 9.69 Å². The molecule has 1 aromatic heterocycles. The summed E-state index contributed by atoms with van der Waals surface area (Å²) in [7, 11) is 2.85. The summed E-state index contributed by atoms with van der Waals surface area (Å²) in [4.78, 5) is 31.8. The van der Waals surface area contributed by atoms with Crippen molar-refractivity contribution in [1.29, 1.82) is 0 Å². The molecule has 0 radical (unpaired) electrons. The number of fused-ring (bicyclic) bond motifs is 3. The maximum absolute atomic E-state index is 14.5. The van der Waals surface area contributed by atoms with Crippen molar-refractivity contribution in [2.45, 2.75) is 77.0 Å². The van der Waals surface area contributed by atoms with E-state index in [1.54, 1.807) is 18.7 Å². The molecule has 1 aliphatic heterocycles. The van der Waals surface area contributed by atoms with Crippen LogP contribution in [0.4, 0.5) is 14.9 Å². The van der Waals surface area contributed by atoms with Crippen LogP contribution in [0.2, 0.25) is 0 Å². The van der Waals surface area contributed by atoms with Crippen molar-refractivity contribution >= 4 is 28.6 Å². The number of rotatable bonds is 5. The lowest BCUT2D eigenvalue weighted by Crippen LogP contribution is -2.42. The quantitative estimate of drug-likeness (QED) is 0.451. The monoisotopic (exact) mass is 537 g/mol. The smallest absolute Gasteiger partial charge is 0.414 e. The van der Waals surface area contributed by atoms with Crippen molar-refractivity contribution in [3.8, 4) is 5.75 Å². The molecule has 0 spiro atoms. The molecule has 8 nitrogen and oxygen atoms in total. The third-order valence-electron chi connectivity index (χ3n) is 8.53. The van der Waals surface area contributed by atoms with Crippen molar-refractivity contribution < 1.29 is 28.6 Å². The summed E-state index contributed by atoms with van der Waals surface area (Å²) in [5.74, 6) is 0.286. The van der Waals surface area contributed by atoms with Crippen LogP contribution in [-0.4, -0.2) is 46.8 Å². The number of benzene rings is 2. The predicted octanol–water partition coefficient (Wildman–Crippen LogP) is 5.67. The zero-order valence-electron chi connectivity index (χ0n) is 23.2. The number of aromatic nitrogens is 2. The highest BCUT2D eigenvalue weighted by atomic mass is 19.1. The average Bonchev–Trinajstić information content (AvgIpc) is 3.33. The average molecular weight is 538 g/mol. The van der Waals surface area contributed by atoms with Gasteiger partial charge in [0.15, 0.2) is 0 Å². The summed E-state index contributed by atoms with van der Waals surface area (Å²) in [6, 6.07) is 7.77. The number of anilines is 1. The maximum atomic E-state index is 14.5. The van der Waals surface area contributed by atoms with Gasteiger partial charge in [-0.1, -0.05) is 6.42 Å². The molecular weight excluding hydrogens is 501 g/mol. The second kappa shape index (κ2) is 10.3. The van der Waals surface area contributed by atoms with E-state index in [9.17, 15) is 19.1 Å². The van der Waals surface area contributed by atoms with E-state index >= 15 is 0 Å². The fourth-order valence-electron chi connectivity index (χ4n) is 6.44. The number of ketones is 1. The number of amides is 1. The minimum Gasteiger partial charge on any atom is -0.496 e. The second-order valence-electron chi connectivity index (χ2n) is 11.0. The molecule has 3 aromatic rings. The Kier molecular flexibility index (Phi) is 7.13. The third-order valence-corrected chi connectivity index (χ3v) is 8.53. The molecule has 39 heavy (non-hydrogen) atoms. The van der Waals surface area contributed by atoms with E-state index in [-0.39, 0.29) is 29.3 Å². The molecule has 0 bridgehead atoms. The van der Waals surface area contributed by atoms with Gasteiger partial charge in [0.05, 0.1) is 30.9 Å². The Morgan fingerprint density at radius 1 is 1.15 bits per heavy atom. The first-order valence-electron chi connectivity index (χ1n) is 13.6. The number of aryl methyl sites for hydroxylation is 1. The van der Waals surface area contributed by atoms with Gasteiger partial charge in [0, 0.05) is 29.1 Å². The summed E-state index contributed by atoms with van der Waals surface area (Å²) in [5.41, 5.74) is 1.68. The minimum atomic E-state index is -1.72. The summed E-state index contributed by atoms with van der Waals surface area (Å²) < 4.78 is 27.1. The van der Waals surface area contributed by atoms with Crippen molar-refractivity contribution in [3.63, 3.8) is 0 Å². The van der Waals surface area contributed by atoms with Gasteiger partial charge in [0.1, 0.15) is 28.8 Å². The van der Waals surface area contributed by atoms with E-state index in [2.05, 4.69) is 0 Å². The van der Waals surface area contributed by atoms with Gasteiger partial charge < -0.3 is 19.1 Å². The first-order chi connectivity index (χ1) is 18.6. The lowest BCUT2D eigenvalue weighted by molar-refractivity contribution is -0.122. The van der Waals surface area contributed by atoms with Crippen LogP contribution >= 0.6 is 0 Å². The molecule has 1 fully saturated rings. The van der Waals surface area contributed by atoms with Crippen LogP contribution in [0.5, 0.6) is 5.75 Å². The molecule has 9 heteroatoms. The fraction of sp³-hybridized carbons (Fsp3) is 0.500. The molecule has 0 unspecified atom stereocenters. The van der Waals surface area contributed by atoms with E-state index in [1.807, 2.05) is 23.6 Å². The van der Waals surface area contributed by atoms with Crippen LogP contribution in [-0.2, 0) is 21.6 Å². The highest BCUT2D eigenvalue weighted by Crippen LogP contribution is 2.44. The molecule has 1 N–H and O–H groups in total. The molecule has 2 aromatic carbocycles. The van der Waals surface area contributed by atoms with Gasteiger partial charge in [-0.05, 0) is 83.2 Å². The minimum absolute atomic E-state index is 0.0433. The number of carbonyl (C=O) groups excluding carboxylic acids is 2. The summed E-state index contributed by atoms with van der Waals surface area (Å²) in [5, 5.41) is 12.1. The van der Waals surface area contributed by atoms with Crippen LogP contribution in [0.3, 0.4) is 0 Å². The van der Waals surface area contributed by atoms with Crippen LogP contribution in [0.25, 0.3) is 11.0 Å². The SMILES string of the molecule is COC(=O)N1c2ccc3c(nc([C@@](C)(O)c4cc(F)ccc4OC)n3[C@@H]3CCC[C@@H](C(C)=O)C3)c2CC[C@@H]1C. The molecule has 1 saturated carbocycles. The summed E-state index contributed by atoms with van der Waals surface area (Å²) in [6.45, 7) is 5.22. The standard InChI is InChI=1S/C30H36FN3O5/c1-17-9-11-22-24(33(17)29(36)39-5)12-13-25-27(22)32-28(34(25)21-8-6-7-19(15-21)18(2)35)30(3,37)23-16-20(31)10-14-26(23)38-4/h10,12-14,16-17,19,21,37H,6-9,11,15H2,1-5H3/t17-,19+,21+,30-/m0/s1. The first kappa shape index (κ1) is 27.1. The van der Waals surface area contributed by atoms with Gasteiger partial charge in [0.25, 0.3) is 0 Å². The second-order valence-corrected chi connectivity index (χ2v) is 11.0. The molecule has 0 saturated heterocycles. The van der Waals surface area contributed by atoms with E-state index in [4.69, 9.17) is 14.5 Å². The number of carbonyl (C=O) groups is 2. The molecule has 2 heterocycles. The Labute approximate surface area is 227 Å². The number of aliphatic hydroxyl groups is 1. The molecular formula is C30H36FN3O5. The zero-order valence-corrected chi connectivity index (χ0v) is 23.2. The molecule has 5 rings (SSSR count). The number of Topliss-reactive ketones (excluding diaryl/α,β-unsaturated/α-hetero) is 1. The highest BCUT2D eigenvalue weighted by molar-refractivity contribution is 5.95. The van der Waals surface area contributed by atoms with E-state index in [0.29, 0.717) is 29.9 Å². The van der Waals surface area contributed by atoms with E-state index in [1.165, 1.54) is 32.4 Å². The number of hydrogen-bond donors (Lipinski definition) is 1. The Morgan fingerprint density at radius 2 is 1.92 bits per heavy atom. The van der Waals surface area contributed by atoms with Gasteiger partial charge in [-0.2, -0.15) is 0 Å².